The molecule has 20 heavy (non-hydrogen) atoms. The highest BCUT2D eigenvalue weighted by molar-refractivity contribution is 6.04. The maximum absolute atomic E-state index is 12.1. The van der Waals surface area contributed by atoms with Crippen molar-refractivity contribution in [3.05, 3.63) is 53.6 Å². The van der Waals surface area contributed by atoms with Crippen LogP contribution >= 0.6 is 0 Å². The van der Waals surface area contributed by atoms with E-state index in [2.05, 4.69) is 10.6 Å². The van der Waals surface area contributed by atoms with Crippen molar-refractivity contribution < 1.29 is 9.90 Å². The van der Waals surface area contributed by atoms with E-state index in [1.165, 1.54) is 17.7 Å². The Morgan fingerprint density at radius 2 is 1.95 bits per heavy atom. The van der Waals surface area contributed by atoms with Crippen LogP contribution in [0.2, 0.25) is 0 Å². The zero-order valence-corrected chi connectivity index (χ0v) is 11.0. The van der Waals surface area contributed by atoms with Crippen molar-refractivity contribution in [2.75, 3.05) is 17.2 Å². The minimum Gasteiger partial charge on any atom is -0.508 e. The number of phenolic OH excluding ortho intramolecular Hbond substituents is 1. The van der Waals surface area contributed by atoms with E-state index in [4.69, 9.17) is 0 Å². The van der Waals surface area contributed by atoms with Gasteiger partial charge in [-0.2, -0.15) is 0 Å². The topological polar surface area (TPSA) is 61.4 Å². The summed E-state index contributed by atoms with van der Waals surface area (Å²) >= 11 is 0. The Morgan fingerprint density at radius 3 is 2.75 bits per heavy atom. The van der Waals surface area contributed by atoms with Gasteiger partial charge in [-0.15, -0.1) is 0 Å². The van der Waals surface area contributed by atoms with E-state index >= 15 is 0 Å². The van der Waals surface area contributed by atoms with Gasteiger partial charge in [-0.3, -0.25) is 4.79 Å². The third-order valence-corrected chi connectivity index (χ3v) is 3.43. The summed E-state index contributed by atoms with van der Waals surface area (Å²) in [5.41, 5.74) is 3.71. The van der Waals surface area contributed by atoms with Crippen LogP contribution in [0, 0.1) is 0 Å². The number of phenols is 1. The fourth-order valence-electron chi connectivity index (χ4n) is 2.37. The molecule has 0 radical (unpaired) electrons. The minimum atomic E-state index is -0.172. The highest BCUT2D eigenvalue weighted by Crippen LogP contribution is 2.25. The Morgan fingerprint density at radius 1 is 1.15 bits per heavy atom. The van der Waals surface area contributed by atoms with Crippen LogP contribution in [0.15, 0.2) is 42.5 Å². The van der Waals surface area contributed by atoms with Crippen LogP contribution in [-0.2, 0) is 6.42 Å². The van der Waals surface area contributed by atoms with Crippen molar-refractivity contribution in [3.8, 4) is 5.75 Å². The van der Waals surface area contributed by atoms with Gasteiger partial charge in [0.1, 0.15) is 5.75 Å². The normalized spacial score (nSPS) is 13.2. The molecule has 3 N–H and O–H groups in total. The molecule has 0 saturated carbocycles. The number of fused-ring (bicyclic) bond motifs is 1. The monoisotopic (exact) mass is 268 g/mol. The molecule has 0 bridgehead atoms. The van der Waals surface area contributed by atoms with Crippen LogP contribution in [0.1, 0.15) is 22.3 Å². The number of carbonyl (C=O) groups excluding carboxylic acids is 1. The minimum absolute atomic E-state index is 0.154. The molecule has 0 fully saturated rings. The Kier molecular flexibility index (Phi) is 3.29. The Balaban J connectivity index is 1.77. The molecular weight excluding hydrogens is 252 g/mol. The summed E-state index contributed by atoms with van der Waals surface area (Å²) in [6, 6.07) is 12.1. The van der Waals surface area contributed by atoms with Crippen LogP contribution in [-0.4, -0.2) is 17.6 Å². The molecule has 1 aliphatic rings. The van der Waals surface area contributed by atoms with Gasteiger partial charge in [0.25, 0.3) is 5.91 Å². The molecule has 1 aliphatic heterocycles. The van der Waals surface area contributed by atoms with Gasteiger partial charge < -0.3 is 15.7 Å². The third-order valence-electron chi connectivity index (χ3n) is 3.43. The summed E-state index contributed by atoms with van der Waals surface area (Å²) < 4.78 is 0. The average Bonchev–Trinajstić information content (AvgIpc) is 2.48. The summed E-state index contributed by atoms with van der Waals surface area (Å²) in [6.07, 6.45) is 2.15. The number of nitrogens with one attached hydrogen (secondary N) is 2. The van der Waals surface area contributed by atoms with Crippen molar-refractivity contribution in [2.24, 2.45) is 0 Å². The van der Waals surface area contributed by atoms with E-state index in [0.29, 0.717) is 5.56 Å². The van der Waals surface area contributed by atoms with Crippen LogP contribution in [0.3, 0.4) is 0 Å². The fraction of sp³-hybridized carbons (Fsp3) is 0.188. The van der Waals surface area contributed by atoms with Crippen LogP contribution < -0.4 is 10.6 Å². The molecule has 1 amide bonds. The summed E-state index contributed by atoms with van der Waals surface area (Å²) in [7, 11) is 0. The Labute approximate surface area is 117 Å². The molecule has 0 spiro atoms. The molecule has 2 aromatic rings. The lowest BCUT2D eigenvalue weighted by Gasteiger charge is -2.18. The summed E-state index contributed by atoms with van der Waals surface area (Å²) in [4.78, 5) is 12.1. The van der Waals surface area contributed by atoms with E-state index < -0.39 is 0 Å². The molecule has 0 aliphatic carbocycles. The van der Waals surface area contributed by atoms with E-state index in [-0.39, 0.29) is 11.7 Å². The van der Waals surface area contributed by atoms with Crippen molar-refractivity contribution >= 4 is 17.3 Å². The second-order valence-corrected chi connectivity index (χ2v) is 4.90. The molecule has 1 heterocycles. The second kappa shape index (κ2) is 5.25. The van der Waals surface area contributed by atoms with Crippen molar-refractivity contribution in [1.82, 2.24) is 0 Å². The number of benzene rings is 2. The SMILES string of the molecule is O=C(Nc1ccc2c(c1)CCCN2)c1ccc(O)cc1. The molecule has 0 unspecified atom stereocenters. The summed E-state index contributed by atoms with van der Waals surface area (Å²) in [5, 5.41) is 15.4. The highest BCUT2D eigenvalue weighted by atomic mass is 16.3. The molecule has 0 saturated heterocycles. The van der Waals surface area contributed by atoms with Crippen molar-refractivity contribution in [1.29, 1.82) is 0 Å². The predicted octanol–water partition coefficient (Wildman–Crippen LogP) is 3.00. The Hall–Kier alpha value is -2.49. The maximum Gasteiger partial charge on any atom is 0.255 e. The number of rotatable bonds is 2. The van der Waals surface area contributed by atoms with Crippen molar-refractivity contribution in [3.63, 3.8) is 0 Å². The molecule has 0 aromatic heterocycles. The molecular formula is C16H16N2O2. The lowest BCUT2D eigenvalue weighted by molar-refractivity contribution is 0.102. The van der Waals surface area contributed by atoms with Gasteiger partial charge in [-0.1, -0.05) is 0 Å². The molecule has 3 rings (SSSR count). The smallest absolute Gasteiger partial charge is 0.255 e. The van der Waals surface area contributed by atoms with Gasteiger partial charge in [0.05, 0.1) is 0 Å². The quantitative estimate of drug-likeness (QED) is 0.784. The van der Waals surface area contributed by atoms with E-state index in [1.54, 1.807) is 12.1 Å². The largest absolute Gasteiger partial charge is 0.508 e. The highest BCUT2D eigenvalue weighted by Gasteiger charge is 2.11. The van der Waals surface area contributed by atoms with E-state index in [0.717, 1.165) is 30.8 Å². The number of hydrogen-bond donors (Lipinski definition) is 3. The van der Waals surface area contributed by atoms with Gasteiger partial charge in [-0.05, 0) is 60.9 Å². The standard InChI is InChI=1S/C16H16N2O2/c19-14-6-3-11(4-7-14)16(20)18-13-5-8-15-12(10-13)2-1-9-17-15/h3-8,10,17,19H,1-2,9H2,(H,18,20). The first-order valence-corrected chi connectivity index (χ1v) is 6.69. The first kappa shape index (κ1) is 12.5. The summed E-state index contributed by atoms with van der Waals surface area (Å²) in [5.74, 6) is -0.0184. The van der Waals surface area contributed by atoms with Gasteiger partial charge in [0.15, 0.2) is 0 Å². The first-order valence-electron chi connectivity index (χ1n) is 6.69. The molecule has 4 nitrogen and oxygen atoms in total. The fourth-order valence-corrected chi connectivity index (χ4v) is 2.37. The van der Waals surface area contributed by atoms with Crippen LogP contribution in [0.4, 0.5) is 11.4 Å². The van der Waals surface area contributed by atoms with Gasteiger partial charge >= 0.3 is 0 Å². The van der Waals surface area contributed by atoms with Gasteiger partial charge in [-0.25, -0.2) is 0 Å². The van der Waals surface area contributed by atoms with Gasteiger partial charge in [0.2, 0.25) is 0 Å². The molecule has 2 aromatic carbocycles. The second-order valence-electron chi connectivity index (χ2n) is 4.90. The average molecular weight is 268 g/mol. The van der Waals surface area contributed by atoms with E-state index in [9.17, 15) is 9.90 Å². The lowest BCUT2D eigenvalue weighted by atomic mass is 10.0. The number of hydrogen-bond acceptors (Lipinski definition) is 3. The predicted molar refractivity (Wildman–Crippen MR) is 79.3 cm³/mol. The lowest BCUT2D eigenvalue weighted by Crippen LogP contribution is -2.14. The number of anilines is 2. The number of aromatic hydroxyl groups is 1. The first-order chi connectivity index (χ1) is 9.72. The van der Waals surface area contributed by atoms with Gasteiger partial charge in [0, 0.05) is 23.5 Å². The van der Waals surface area contributed by atoms with Crippen molar-refractivity contribution in [2.45, 2.75) is 12.8 Å². The third kappa shape index (κ3) is 2.59. The number of aryl methyl sites for hydroxylation is 1. The maximum atomic E-state index is 12.1. The van der Waals surface area contributed by atoms with Crippen LogP contribution in [0.5, 0.6) is 5.75 Å². The van der Waals surface area contributed by atoms with E-state index in [1.807, 2.05) is 18.2 Å². The molecule has 102 valence electrons. The molecule has 0 atom stereocenters. The zero-order chi connectivity index (χ0) is 13.9. The number of carbonyl (C=O) groups is 1. The molecule has 4 heteroatoms. The zero-order valence-electron chi connectivity index (χ0n) is 11.0. The summed E-state index contributed by atoms with van der Waals surface area (Å²) in [6.45, 7) is 1.01. The van der Waals surface area contributed by atoms with Crippen LogP contribution in [0.25, 0.3) is 0 Å². The Bertz CT molecular complexity index is 635. The number of amides is 1.